The summed E-state index contributed by atoms with van der Waals surface area (Å²) in [5.74, 6) is 0.105. The fourth-order valence-corrected chi connectivity index (χ4v) is 5.32. The maximum atomic E-state index is 13.5. The molecule has 0 radical (unpaired) electrons. The van der Waals surface area contributed by atoms with Crippen molar-refractivity contribution in [1.29, 1.82) is 0 Å². The third-order valence-corrected chi connectivity index (χ3v) is 6.60. The van der Waals surface area contributed by atoms with Crippen LogP contribution in [-0.4, -0.2) is 35.3 Å². The van der Waals surface area contributed by atoms with Crippen LogP contribution in [-0.2, 0) is 30.7 Å². The normalized spacial score (nSPS) is 28.0. The number of likely N-dealkylation sites (N-methyl/N-ethyl adjacent to an activating group) is 1. The number of aryl methyl sites for hydroxylation is 1. The van der Waals surface area contributed by atoms with Crippen molar-refractivity contribution >= 4 is 10.9 Å². The molecule has 0 bridgehead atoms. The molecule has 3 heterocycles. The zero-order valence-electron chi connectivity index (χ0n) is 17.0. The van der Waals surface area contributed by atoms with E-state index in [1.807, 2.05) is 6.08 Å². The summed E-state index contributed by atoms with van der Waals surface area (Å²) in [7, 11) is 2.21. The van der Waals surface area contributed by atoms with Gasteiger partial charge in [0, 0.05) is 49.5 Å². The van der Waals surface area contributed by atoms with Gasteiger partial charge in [0.05, 0.1) is 17.7 Å². The first-order chi connectivity index (χ1) is 13.5. The molecule has 1 aromatic heterocycles. The Balaban J connectivity index is 1.65. The quantitative estimate of drug-likeness (QED) is 0.714. The van der Waals surface area contributed by atoms with Crippen molar-refractivity contribution in [1.82, 2.24) is 9.47 Å². The molecule has 0 saturated carbocycles. The van der Waals surface area contributed by atoms with E-state index < -0.39 is 0 Å². The van der Waals surface area contributed by atoms with E-state index in [2.05, 4.69) is 42.5 Å². The van der Waals surface area contributed by atoms with Crippen molar-refractivity contribution in [2.24, 2.45) is 5.92 Å². The van der Waals surface area contributed by atoms with Crippen LogP contribution < -0.4 is 0 Å². The number of aromatic nitrogens is 1. The van der Waals surface area contributed by atoms with Gasteiger partial charge in [-0.15, -0.1) is 0 Å². The molecule has 1 aromatic carbocycles. The van der Waals surface area contributed by atoms with E-state index in [0.717, 1.165) is 38.9 Å². The highest BCUT2D eigenvalue weighted by molar-refractivity contribution is 5.89. The van der Waals surface area contributed by atoms with Crippen LogP contribution in [0.5, 0.6) is 0 Å². The second-order valence-electron chi connectivity index (χ2n) is 8.88. The monoisotopic (exact) mass is 380 g/mol. The highest BCUT2D eigenvalue weighted by Gasteiger charge is 2.31. The van der Waals surface area contributed by atoms with E-state index >= 15 is 0 Å². The Morgan fingerprint density at radius 3 is 2.89 bits per heavy atom. The van der Waals surface area contributed by atoms with Gasteiger partial charge >= 0.3 is 0 Å². The third-order valence-electron chi connectivity index (χ3n) is 6.60. The molecule has 3 unspecified atom stereocenters. The second kappa shape index (κ2) is 6.85. The van der Waals surface area contributed by atoms with Gasteiger partial charge in [0.25, 0.3) is 0 Å². The summed E-state index contributed by atoms with van der Waals surface area (Å²) in [6.45, 7) is 7.33. The fourth-order valence-electron chi connectivity index (χ4n) is 5.32. The Bertz CT molecular complexity index is 986. The first-order valence-corrected chi connectivity index (χ1v) is 10.5. The predicted octanol–water partition coefficient (Wildman–Crippen LogP) is 4.70. The Kier molecular flexibility index (Phi) is 4.44. The number of allylic oxidation sites excluding steroid dienone is 3. The maximum Gasteiger partial charge on any atom is 0.118 e. The molecule has 28 heavy (non-hydrogen) atoms. The number of hydrogen-bond acceptors (Lipinski definition) is 2. The molecule has 3 nitrogen and oxygen atoms in total. The lowest BCUT2D eigenvalue weighted by atomic mass is 9.93. The SMILES string of the molecule is Cc1cc2c3c(c1)c1c(n3CC(C3C=CC(F)=CC3)OC(C)C2)CCN(C)C1. The van der Waals surface area contributed by atoms with Crippen LogP contribution in [0.2, 0.25) is 0 Å². The zero-order valence-corrected chi connectivity index (χ0v) is 17.0. The van der Waals surface area contributed by atoms with Crippen LogP contribution in [0.3, 0.4) is 0 Å². The molecular formula is C24H29FN2O. The van der Waals surface area contributed by atoms with Gasteiger partial charge in [0.1, 0.15) is 5.83 Å². The van der Waals surface area contributed by atoms with Crippen LogP contribution in [0.1, 0.15) is 35.7 Å². The Morgan fingerprint density at radius 2 is 2.11 bits per heavy atom. The van der Waals surface area contributed by atoms with Gasteiger partial charge in [0.2, 0.25) is 0 Å². The van der Waals surface area contributed by atoms with E-state index in [9.17, 15) is 4.39 Å². The molecule has 0 N–H and O–H groups in total. The van der Waals surface area contributed by atoms with E-state index in [1.165, 1.54) is 33.3 Å². The lowest BCUT2D eigenvalue weighted by Gasteiger charge is -2.33. The fraction of sp³-hybridized carbons (Fsp3) is 0.500. The van der Waals surface area contributed by atoms with Crippen LogP contribution in [0.4, 0.5) is 4.39 Å². The topological polar surface area (TPSA) is 17.4 Å². The first kappa shape index (κ1) is 18.1. The van der Waals surface area contributed by atoms with Gasteiger partial charge in [0.15, 0.2) is 0 Å². The molecule has 2 aromatic rings. The summed E-state index contributed by atoms with van der Waals surface area (Å²) in [5, 5.41) is 1.43. The van der Waals surface area contributed by atoms with Gasteiger partial charge in [-0.25, -0.2) is 4.39 Å². The minimum atomic E-state index is -0.125. The summed E-state index contributed by atoms with van der Waals surface area (Å²) in [6, 6.07) is 4.71. The minimum absolute atomic E-state index is 0.0735. The molecule has 3 atom stereocenters. The van der Waals surface area contributed by atoms with Crippen molar-refractivity contribution < 1.29 is 9.13 Å². The Morgan fingerprint density at radius 1 is 1.25 bits per heavy atom. The van der Waals surface area contributed by atoms with Crippen molar-refractivity contribution in [3.05, 3.63) is 58.6 Å². The van der Waals surface area contributed by atoms with Crippen molar-refractivity contribution in [2.75, 3.05) is 13.6 Å². The predicted molar refractivity (Wildman–Crippen MR) is 111 cm³/mol. The van der Waals surface area contributed by atoms with Crippen LogP contribution >= 0.6 is 0 Å². The number of hydrogen-bond donors (Lipinski definition) is 0. The lowest BCUT2D eigenvalue weighted by molar-refractivity contribution is -0.0341. The van der Waals surface area contributed by atoms with E-state index in [1.54, 1.807) is 12.2 Å². The summed E-state index contributed by atoms with van der Waals surface area (Å²) >= 11 is 0. The molecule has 0 spiro atoms. The van der Waals surface area contributed by atoms with Gasteiger partial charge in [-0.1, -0.05) is 17.7 Å². The second-order valence-corrected chi connectivity index (χ2v) is 8.88. The summed E-state index contributed by atoms with van der Waals surface area (Å²) in [4.78, 5) is 2.42. The van der Waals surface area contributed by atoms with Crippen molar-refractivity contribution in [3.8, 4) is 0 Å². The molecule has 1 aliphatic carbocycles. The largest absolute Gasteiger partial charge is 0.372 e. The van der Waals surface area contributed by atoms with E-state index in [4.69, 9.17) is 4.74 Å². The molecular weight excluding hydrogens is 351 g/mol. The van der Waals surface area contributed by atoms with E-state index in [0.29, 0.717) is 0 Å². The molecule has 0 saturated heterocycles. The van der Waals surface area contributed by atoms with Crippen LogP contribution in [0, 0.1) is 12.8 Å². The number of halogens is 1. The van der Waals surface area contributed by atoms with Gasteiger partial charge in [-0.2, -0.15) is 0 Å². The third kappa shape index (κ3) is 3.03. The number of fused-ring (bicyclic) bond motifs is 3. The van der Waals surface area contributed by atoms with E-state index in [-0.39, 0.29) is 24.0 Å². The zero-order chi connectivity index (χ0) is 19.4. The Labute approximate surface area is 166 Å². The number of benzene rings is 1. The molecule has 4 heteroatoms. The summed E-state index contributed by atoms with van der Waals surface area (Å²) < 4.78 is 22.6. The average molecular weight is 381 g/mol. The number of rotatable bonds is 1. The lowest BCUT2D eigenvalue weighted by Crippen LogP contribution is -2.35. The average Bonchev–Trinajstić information content (AvgIpc) is 2.93. The first-order valence-electron chi connectivity index (χ1n) is 10.5. The molecule has 3 aliphatic rings. The van der Waals surface area contributed by atoms with Crippen molar-refractivity contribution in [2.45, 2.75) is 58.4 Å². The molecule has 0 fully saturated rings. The van der Waals surface area contributed by atoms with Crippen LogP contribution in [0.25, 0.3) is 10.9 Å². The number of nitrogens with zero attached hydrogens (tertiary/aromatic N) is 2. The standard InChI is InChI=1S/C24H29FN2O/c1-15-10-18-12-16(2)28-23(17-4-6-19(25)7-5-17)14-27-22-8-9-26(3)13-21(22)20(11-15)24(18)27/h4,6-7,10-11,16-17,23H,5,8-9,12-14H2,1-3H3. The van der Waals surface area contributed by atoms with Crippen molar-refractivity contribution in [3.63, 3.8) is 0 Å². The maximum absolute atomic E-state index is 13.5. The van der Waals surface area contributed by atoms with Gasteiger partial charge in [-0.3, -0.25) is 0 Å². The molecule has 5 rings (SSSR count). The Hall–Kier alpha value is -1.91. The smallest absolute Gasteiger partial charge is 0.118 e. The minimum Gasteiger partial charge on any atom is -0.372 e. The highest BCUT2D eigenvalue weighted by Crippen LogP contribution is 2.37. The summed E-state index contributed by atoms with van der Waals surface area (Å²) in [6.07, 6.45) is 8.26. The van der Waals surface area contributed by atoms with Crippen LogP contribution in [0.15, 0.2) is 36.2 Å². The molecule has 0 amide bonds. The molecule has 2 aliphatic heterocycles. The summed E-state index contributed by atoms with van der Waals surface area (Å²) in [5.41, 5.74) is 7.11. The highest BCUT2D eigenvalue weighted by atomic mass is 19.1. The van der Waals surface area contributed by atoms with Gasteiger partial charge in [-0.05, 0) is 56.7 Å². The van der Waals surface area contributed by atoms with Gasteiger partial charge < -0.3 is 14.2 Å². The molecule has 148 valence electrons. The number of ether oxygens (including phenoxy) is 1.